The number of anilines is 1. The van der Waals surface area contributed by atoms with Crippen LogP contribution in [0.25, 0.3) is 10.6 Å². The fourth-order valence-corrected chi connectivity index (χ4v) is 4.41. The number of aromatic nitrogens is 1. The SMILES string of the molecule is CC(C(=O)Nc1ccccc1F)N1CCN(Cc2csc(-c3ccccc3)n2)CC1. The van der Waals surface area contributed by atoms with Crippen molar-refractivity contribution in [2.45, 2.75) is 19.5 Å². The summed E-state index contributed by atoms with van der Waals surface area (Å²) in [5, 5.41) is 5.87. The van der Waals surface area contributed by atoms with Gasteiger partial charge in [-0.3, -0.25) is 14.6 Å². The van der Waals surface area contributed by atoms with E-state index in [0.29, 0.717) is 0 Å². The summed E-state index contributed by atoms with van der Waals surface area (Å²) in [5.41, 5.74) is 2.46. The van der Waals surface area contributed by atoms with Gasteiger partial charge in [-0.15, -0.1) is 11.3 Å². The molecule has 1 aliphatic rings. The van der Waals surface area contributed by atoms with Gasteiger partial charge in [0.25, 0.3) is 0 Å². The number of halogens is 1. The zero-order valence-corrected chi connectivity index (χ0v) is 17.7. The fourth-order valence-electron chi connectivity index (χ4n) is 3.60. The van der Waals surface area contributed by atoms with Crippen molar-refractivity contribution in [1.29, 1.82) is 0 Å². The van der Waals surface area contributed by atoms with E-state index >= 15 is 0 Å². The van der Waals surface area contributed by atoms with Gasteiger partial charge < -0.3 is 5.32 Å². The highest BCUT2D eigenvalue weighted by atomic mass is 32.1. The number of amides is 1. The summed E-state index contributed by atoms with van der Waals surface area (Å²) in [6, 6.07) is 16.2. The maximum Gasteiger partial charge on any atom is 0.241 e. The Morgan fingerprint density at radius 1 is 1.10 bits per heavy atom. The van der Waals surface area contributed by atoms with Crippen LogP contribution in [0.15, 0.2) is 60.0 Å². The van der Waals surface area contributed by atoms with Crippen molar-refractivity contribution in [3.8, 4) is 10.6 Å². The smallest absolute Gasteiger partial charge is 0.241 e. The van der Waals surface area contributed by atoms with E-state index in [9.17, 15) is 9.18 Å². The number of para-hydroxylation sites is 1. The van der Waals surface area contributed by atoms with Crippen LogP contribution >= 0.6 is 11.3 Å². The molecule has 1 fully saturated rings. The molecule has 1 aromatic heterocycles. The number of nitrogens with one attached hydrogen (secondary N) is 1. The second-order valence-electron chi connectivity index (χ2n) is 7.47. The van der Waals surface area contributed by atoms with E-state index in [1.807, 2.05) is 25.1 Å². The Morgan fingerprint density at radius 3 is 2.53 bits per heavy atom. The van der Waals surface area contributed by atoms with Gasteiger partial charge in [0.1, 0.15) is 10.8 Å². The number of nitrogens with zero attached hydrogens (tertiary/aromatic N) is 3. The Kier molecular flexibility index (Phi) is 6.52. The average molecular weight is 425 g/mol. The van der Waals surface area contributed by atoms with Gasteiger partial charge in [0.05, 0.1) is 17.4 Å². The van der Waals surface area contributed by atoms with E-state index in [2.05, 4.69) is 32.6 Å². The third-order valence-electron chi connectivity index (χ3n) is 5.42. The molecule has 3 aromatic rings. The van der Waals surface area contributed by atoms with Gasteiger partial charge in [-0.1, -0.05) is 42.5 Å². The Labute approximate surface area is 180 Å². The number of piperazine rings is 1. The number of hydrogen-bond donors (Lipinski definition) is 1. The third-order valence-corrected chi connectivity index (χ3v) is 6.36. The van der Waals surface area contributed by atoms with E-state index in [4.69, 9.17) is 4.98 Å². The summed E-state index contributed by atoms with van der Waals surface area (Å²) < 4.78 is 13.8. The van der Waals surface area contributed by atoms with E-state index < -0.39 is 5.82 Å². The van der Waals surface area contributed by atoms with Gasteiger partial charge >= 0.3 is 0 Å². The number of carbonyl (C=O) groups is 1. The molecule has 1 saturated heterocycles. The predicted octanol–water partition coefficient (Wildman–Crippen LogP) is 4.09. The van der Waals surface area contributed by atoms with Crippen molar-refractivity contribution in [2.24, 2.45) is 0 Å². The number of carbonyl (C=O) groups excluding carboxylic acids is 1. The van der Waals surface area contributed by atoms with Crippen LogP contribution in [-0.2, 0) is 11.3 Å². The molecule has 7 heteroatoms. The zero-order chi connectivity index (χ0) is 20.9. The minimum absolute atomic E-state index is 0.180. The van der Waals surface area contributed by atoms with Gasteiger partial charge in [0.2, 0.25) is 5.91 Å². The fraction of sp³-hybridized carbons (Fsp3) is 0.304. The van der Waals surface area contributed by atoms with Gasteiger partial charge in [-0.2, -0.15) is 0 Å². The van der Waals surface area contributed by atoms with Gasteiger partial charge in [-0.25, -0.2) is 9.37 Å². The topological polar surface area (TPSA) is 48.5 Å². The first kappa shape index (κ1) is 20.7. The van der Waals surface area contributed by atoms with Crippen LogP contribution in [0.4, 0.5) is 10.1 Å². The minimum Gasteiger partial charge on any atom is -0.322 e. The molecule has 2 heterocycles. The van der Waals surface area contributed by atoms with Crippen LogP contribution in [0.5, 0.6) is 0 Å². The van der Waals surface area contributed by atoms with Crippen molar-refractivity contribution in [3.63, 3.8) is 0 Å². The normalized spacial score (nSPS) is 16.3. The molecule has 1 unspecified atom stereocenters. The first-order valence-electron chi connectivity index (χ1n) is 10.1. The number of rotatable bonds is 6. The summed E-state index contributed by atoms with van der Waals surface area (Å²) >= 11 is 1.67. The Balaban J connectivity index is 1.28. The first-order valence-corrected chi connectivity index (χ1v) is 11.0. The number of hydrogen-bond acceptors (Lipinski definition) is 5. The summed E-state index contributed by atoms with van der Waals surface area (Å²) in [4.78, 5) is 21.8. The average Bonchev–Trinajstić information content (AvgIpc) is 3.24. The maximum atomic E-state index is 13.8. The van der Waals surface area contributed by atoms with Crippen LogP contribution < -0.4 is 5.32 Å². The van der Waals surface area contributed by atoms with Gasteiger partial charge in [-0.05, 0) is 19.1 Å². The van der Waals surface area contributed by atoms with E-state index in [1.54, 1.807) is 29.5 Å². The summed E-state index contributed by atoms with van der Waals surface area (Å²) in [6.07, 6.45) is 0. The molecule has 4 rings (SSSR count). The molecule has 0 saturated carbocycles. The van der Waals surface area contributed by atoms with Gasteiger partial charge in [0, 0.05) is 43.7 Å². The van der Waals surface area contributed by atoms with E-state index in [0.717, 1.165) is 49.0 Å². The first-order chi connectivity index (χ1) is 14.6. The molecule has 1 N–H and O–H groups in total. The van der Waals surface area contributed by atoms with Crippen LogP contribution in [0, 0.1) is 5.82 Å². The van der Waals surface area contributed by atoms with Crippen LogP contribution in [-0.4, -0.2) is 52.9 Å². The molecule has 1 atom stereocenters. The van der Waals surface area contributed by atoms with E-state index in [1.165, 1.54) is 6.07 Å². The Hall–Kier alpha value is -2.61. The molecular weight excluding hydrogens is 399 g/mol. The van der Waals surface area contributed by atoms with Crippen molar-refractivity contribution >= 4 is 22.9 Å². The summed E-state index contributed by atoms with van der Waals surface area (Å²) in [5.74, 6) is -0.596. The quantitative estimate of drug-likeness (QED) is 0.647. The molecule has 0 aliphatic carbocycles. The lowest BCUT2D eigenvalue weighted by Crippen LogP contribution is -2.52. The highest BCUT2D eigenvalue weighted by Crippen LogP contribution is 2.24. The number of benzene rings is 2. The van der Waals surface area contributed by atoms with Gasteiger partial charge in [0.15, 0.2) is 0 Å². The summed E-state index contributed by atoms with van der Waals surface area (Å²) in [7, 11) is 0. The van der Waals surface area contributed by atoms with Crippen molar-refractivity contribution in [3.05, 3.63) is 71.5 Å². The Morgan fingerprint density at radius 2 is 1.80 bits per heavy atom. The largest absolute Gasteiger partial charge is 0.322 e. The lowest BCUT2D eigenvalue weighted by Gasteiger charge is -2.37. The highest BCUT2D eigenvalue weighted by molar-refractivity contribution is 7.13. The Bertz CT molecular complexity index is 986. The molecule has 2 aromatic carbocycles. The highest BCUT2D eigenvalue weighted by Gasteiger charge is 2.26. The van der Waals surface area contributed by atoms with Crippen molar-refractivity contribution in [2.75, 3.05) is 31.5 Å². The molecular formula is C23H25FN4OS. The molecule has 156 valence electrons. The lowest BCUT2D eigenvalue weighted by atomic mass is 10.2. The predicted molar refractivity (Wildman–Crippen MR) is 119 cm³/mol. The zero-order valence-electron chi connectivity index (χ0n) is 16.9. The molecule has 1 amide bonds. The lowest BCUT2D eigenvalue weighted by molar-refractivity contribution is -0.121. The third kappa shape index (κ3) is 4.92. The molecule has 0 spiro atoms. The van der Waals surface area contributed by atoms with Crippen LogP contribution in [0.1, 0.15) is 12.6 Å². The van der Waals surface area contributed by atoms with Crippen LogP contribution in [0.3, 0.4) is 0 Å². The number of thiazole rings is 1. The second kappa shape index (κ2) is 9.47. The second-order valence-corrected chi connectivity index (χ2v) is 8.33. The van der Waals surface area contributed by atoms with E-state index in [-0.39, 0.29) is 17.6 Å². The maximum absolute atomic E-state index is 13.8. The van der Waals surface area contributed by atoms with Crippen molar-refractivity contribution in [1.82, 2.24) is 14.8 Å². The summed E-state index contributed by atoms with van der Waals surface area (Å²) in [6.45, 7) is 6.01. The molecule has 5 nitrogen and oxygen atoms in total. The van der Waals surface area contributed by atoms with Crippen LogP contribution in [0.2, 0.25) is 0 Å². The molecule has 30 heavy (non-hydrogen) atoms. The molecule has 0 bridgehead atoms. The standard InChI is InChI=1S/C23H25FN4OS/c1-17(22(29)26-21-10-6-5-9-20(21)24)28-13-11-27(12-14-28)15-19-16-30-23(25-19)18-7-3-2-4-8-18/h2-10,16-17H,11-15H2,1H3,(H,26,29). The minimum atomic E-state index is -0.416. The molecule has 1 aliphatic heterocycles. The monoisotopic (exact) mass is 424 g/mol. The van der Waals surface area contributed by atoms with Crippen molar-refractivity contribution < 1.29 is 9.18 Å². The molecule has 0 radical (unpaired) electrons.